The molecule has 0 amide bonds. The summed E-state index contributed by atoms with van der Waals surface area (Å²) in [5.41, 5.74) is 7.05. The Kier molecular flexibility index (Phi) is 3.27. The number of hydrogen-bond acceptors (Lipinski definition) is 4. The zero-order valence-electron chi connectivity index (χ0n) is 11.6. The third kappa shape index (κ3) is 2.12. The van der Waals surface area contributed by atoms with Crippen LogP contribution in [0.1, 0.15) is 24.4 Å². The molecule has 3 N–H and O–H groups in total. The number of rotatable bonds is 2. The molecule has 0 bridgehead atoms. The minimum atomic E-state index is -0.429. The molecule has 2 heterocycles. The number of hydrogen-bond donors (Lipinski definition) is 2. The molecule has 108 valence electrons. The van der Waals surface area contributed by atoms with Crippen LogP contribution in [0.2, 0.25) is 5.02 Å². The van der Waals surface area contributed by atoms with Crippen LogP contribution in [0.5, 0.6) is 0 Å². The topological polar surface area (TPSA) is 89.6 Å². The van der Waals surface area contributed by atoms with E-state index in [0.29, 0.717) is 27.6 Å². The lowest BCUT2D eigenvalue weighted by atomic mass is 10.1. The van der Waals surface area contributed by atoms with E-state index in [-0.39, 0.29) is 5.56 Å². The maximum atomic E-state index is 12.9. The van der Waals surface area contributed by atoms with Gasteiger partial charge in [0.15, 0.2) is 0 Å². The van der Waals surface area contributed by atoms with Crippen LogP contribution in [0.3, 0.4) is 0 Å². The Balaban J connectivity index is 2.52. The summed E-state index contributed by atoms with van der Waals surface area (Å²) in [7, 11) is 0. The smallest absolute Gasteiger partial charge is 0.267 e. The maximum Gasteiger partial charge on any atom is 0.267 e. The van der Waals surface area contributed by atoms with E-state index >= 15 is 0 Å². The molecule has 21 heavy (non-hydrogen) atoms. The summed E-state index contributed by atoms with van der Waals surface area (Å²) in [6, 6.07) is 4.80. The Bertz CT molecular complexity index is 867. The fourth-order valence-corrected chi connectivity index (χ4v) is 2.54. The molecule has 0 aliphatic heterocycles. The van der Waals surface area contributed by atoms with E-state index in [2.05, 4.69) is 15.2 Å². The summed E-state index contributed by atoms with van der Waals surface area (Å²) < 4.78 is 1.45. The van der Waals surface area contributed by atoms with Crippen LogP contribution in [0, 0.1) is 6.92 Å². The van der Waals surface area contributed by atoms with E-state index < -0.39 is 6.04 Å². The number of aryl methyl sites for hydroxylation is 1. The molecule has 0 saturated heterocycles. The van der Waals surface area contributed by atoms with Gasteiger partial charge in [0.1, 0.15) is 11.6 Å². The number of fused-ring (bicyclic) bond motifs is 1. The highest BCUT2D eigenvalue weighted by Gasteiger charge is 2.18. The van der Waals surface area contributed by atoms with Gasteiger partial charge in [-0.2, -0.15) is 5.10 Å². The van der Waals surface area contributed by atoms with Crippen molar-refractivity contribution in [3.8, 4) is 5.82 Å². The number of aromatic nitrogens is 4. The van der Waals surface area contributed by atoms with Gasteiger partial charge in [-0.05, 0) is 25.5 Å². The minimum Gasteiger partial charge on any atom is -0.322 e. The van der Waals surface area contributed by atoms with Gasteiger partial charge in [0.25, 0.3) is 5.56 Å². The molecular formula is C14H14ClN5O. The standard InChI is InChI=1S/C14H14ClN5O/c1-7-3-4-9(15)12-11(7)14(21)20(10-5-6-17-19-10)13(18-12)8(2)16/h3-6,8H,16H2,1-2H3,(H,17,19). The van der Waals surface area contributed by atoms with Gasteiger partial charge in [0.05, 0.1) is 28.2 Å². The molecule has 0 radical (unpaired) electrons. The molecule has 6 nitrogen and oxygen atoms in total. The Morgan fingerprint density at radius 3 is 2.76 bits per heavy atom. The first-order valence-electron chi connectivity index (χ1n) is 6.47. The van der Waals surface area contributed by atoms with Crippen molar-refractivity contribution in [1.29, 1.82) is 0 Å². The second kappa shape index (κ2) is 4.98. The van der Waals surface area contributed by atoms with Gasteiger partial charge in [-0.25, -0.2) is 9.55 Å². The number of nitrogens with one attached hydrogen (secondary N) is 1. The van der Waals surface area contributed by atoms with Gasteiger partial charge in [0.2, 0.25) is 0 Å². The van der Waals surface area contributed by atoms with Crippen molar-refractivity contribution in [2.45, 2.75) is 19.9 Å². The zero-order valence-corrected chi connectivity index (χ0v) is 12.3. The average Bonchev–Trinajstić information content (AvgIpc) is 2.95. The van der Waals surface area contributed by atoms with Crippen LogP contribution in [0.25, 0.3) is 16.7 Å². The maximum absolute atomic E-state index is 12.9. The first-order valence-corrected chi connectivity index (χ1v) is 6.85. The Morgan fingerprint density at radius 1 is 1.38 bits per heavy atom. The summed E-state index contributed by atoms with van der Waals surface area (Å²) in [6.07, 6.45) is 1.57. The SMILES string of the molecule is Cc1ccc(Cl)c2nc(C(C)N)n(-c3ccn[nH]3)c(=O)c12. The number of H-pyrrole nitrogens is 1. The second-order valence-corrected chi connectivity index (χ2v) is 5.34. The number of benzene rings is 1. The van der Waals surface area contributed by atoms with Crippen LogP contribution in [-0.2, 0) is 0 Å². The predicted molar refractivity (Wildman–Crippen MR) is 81.8 cm³/mol. The number of halogens is 1. The molecule has 0 saturated carbocycles. The lowest BCUT2D eigenvalue weighted by Gasteiger charge is -2.15. The van der Waals surface area contributed by atoms with Crippen LogP contribution >= 0.6 is 11.6 Å². The van der Waals surface area contributed by atoms with Gasteiger partial charge in [-0.1, -0.05) is 17.7 Å². The third-order valence-electron chi connectivity index (χ3n) is 3.34. The number of aromatic amines is 1. The lowest BCUT2D eigenvalue weighted by molar-refractivity contribution is 0.687. The fraction of sp³-hybridized carbons (Fsp3) is 0.214. The summed E-state index contributed by atoms with van der Waals surface area (Å²) in [5.74, 6) is 0.963. The molecule has 0 spiro atoms. The summed E-state index contributed by atoms with van der Waals surface area (Å²) >= 11 is 6.18. The largest absolute Gasteiger partial charge is 0.322 e. The normalized spacial score (nSPS) is 12.8. The minimum absolute atomic E-state index is 0.212. The van der Waals surface area contributed by atoms with E-state index in [4.69, 9.17) is 17.3 Å². The molecule has 2 aromatic heterocycles. The molecular weight excluding hydrogens is 290 g/mol. The lowest BCUT2D eigenvalue weighted by Crippen LogP contribution is -2.28. The molecule has 0 fully saturated rings. The molecule has 1 unspecified atom stereocenters. The van der Waals surface area contributed by atoms with Crippen molar-refractivity contribution in [3.63, 3.8) is 0 Å². The Labute approximate surface area is 125 Å². The van der Waals surface area contributed by atoms with Crippen LogP contribution in [0.4, 0.5) is 0 Å². The molecule has 7 heteroatoms. The highest BCUT2D eigenvalue weighted by atomic mass is 35.5. The van der Waals surface area contributed by atoms with E-state index in [1.165, 1.54) is 4.57 Å². The summed E-state index contributed by atoms with van der Waals surface area (Å²) in [4.78, 5) is 17.4. The van der Waals surface area contributed by atoms with Crippen molar-refractivity contribution in [1.82, 2.24) is 19.7 Å². The van der Waals surface area contributed by atoms with E-state index in [0.717, 1.165) is 5.56 Å². The van der Waals surface area contributed by atoms with Gasteiger partial charge in [-0.3, -0.25) is 9.89 Å². The Morgan fingerprint density at radius 2 is 2.14 bits per heavy atom. The van der Waals surface area contributed by atoms with Crippen LogP contribution < -0.4 is 11.3 Å². The summed E-state index contributed by atoms with van der Waals surface area (Å²) in [5, 5.41) is 7.58. The zero-order chi connectivity index (χ0) is 15.1. The number of nitrogens with two attached hydrogens (primary N) is 1. The van der Waals surface area contributed by atoms with Crippen LogP contribution in [-0.4, -0.2) is 19.7 Å². The fourth-order valence-electron chi connectivity index (χ4n) is 2.34. The van der Waals surface area contributed by atoms with Gasteiger partial charge in [-0.15, -0.1) is 0 Å². The number of nitrogens with zero attached hydrogens (tertiary/aromatic N) is 3. The first-order chi connectivity index (χ1) is 10.0. The average molecular weight is 304 g/mol. The molecule has 0 aliphatic rings. The highest BCUT2D eigenvalue weighted by Crippen LogP contribution is 2.24. The van der Waals surface area contributed by atoms with Gasteiger partial charge >= 0.3 is 0 Å². The van der Waals surface area contributed by atoms with E-state index in [1.807, 2.05) is 6.92 Å². The molecule has 3 rings (SSSR count). The predicted octanol–water partition coefficient (Wildman–Crippen LogP) is 2.09. The molecule has 1 aromatic carbocycles. The molecule has 1 atom stereocenters. The Hall–Kier alpha value is -2.18. The monoisotopic (exact) mass is 303 g/mol. The van der Waals surface area contributed by atoms with E-state index in [1.54, 1.807) is 31.3 Å². The quantitative estimate of drug-likeness (QED) is 0.758. The van der Waals surface area contributed by atoms with Crippen molar-refractivity contribution < 1.29 is 0 Å². The van der Waals surface area contributed by atoms with Crippen molar-refractivity contribution in [2.75, 3.05) is 0 Å². The van der Waals surface area contributed by atoms with Crippen molar-refractivity contribution in [2.24, 2.45) is 5.73 Å². The molecule has 3 aromatic rings. The van der Waals surface area contributed by atoms with Crippen molar-refractivity contribution >= 4 is 22.5 Å². The van der Waals surface area contributed by atoms with E-state index in [9.17, 15) is 4.79 Å². The highest BCUT2D eigenvalue weighted by molar-refractivity contribution is 6.35. The van der Waals surface area contributed by atoms with Crippen LogP contribution in [0.15, 0.2) is 29.2 Å². The van der Waals surface area contributed by atoms with Gasteiger partial charge < -0.3 is 5.73 Å². The first kappa shape index (κ1) is 13.8. The summed E-state index contributed by atoms with van der Waals surface area (Å²) in [6.45, 7) is 3.62. The second-order valence-electron chi connectivity index (χ2n) is 4.93. The third-order valence-corrected chi connectivity index (χ3v) is 3.65. The molecule has 0 aliphatic carbocycles. The van der Waals surface area contributed by atoms with Crippen molar-refractivity contribution in [3.05, 3.63) is 51.2 Å². The van der Waals surface area contributed by atoms with Gasteiger partial charge in [0, 0.05) is 6.07 Å².